The first-order chi connectivity index (χ1) is 13.8. The molecule has 5 heteroatoms. The van der Waals surface area contributed by atoms with Gasteiger partial charge in [-0.1, -0.05) is 66.7 Å². The van der Waals surface area contributed by atoms with Crippen LogP contribution in [0.2, 0.25) is 0 Å². The van der Waals surface area contributed by atoms with Crippen molar-refractivity contribution in [3.63, 3.8) is 0 Å². The zero-order chi connectivity index (χ0) is 19.3. The largest absolute Gasteiger partial charge is 0.384 e. The predicted molar refractivity (Wildman–Crippen MR) is 114 cm³/mol. The number of fused-ring (bicyclic) bond motifs is 1. The third-order valence-electron chi connectivity index (χ3n) is 5.36. The number of ether oxygens (including phenoxy) is 1. The van der Waals surface area contributed by atoms with E-state index in [1.807, 2.05) is 48.2 Å². The molecule has 0 spiro atoms. The number of methoxy groups -OCH3 is 1. The Labute approximate surface area is 171 Å². The molecule has 2 heterocycles. The molecule has 0 radical (unpaired) electrons. The van der Waals surface area contributed by atoms with Gasteiger partial charge in [0.15, 0.2) is 0 Å². The quantitative estimate of drug-likeness (QED) is 0.511. The van der Waals surface area contributed by atoms with E-state index in [2.05, 4.69) is 40.1 Å². The van der Waals surface area contributed by atoms with Gasteiger partial charge in [-0.15, -0.1) is 11.8 Å². The zero-order valence-corrected chi connectivity index (χ0v) is 17.0. The van der Waals surface area contributed by atoms with E-state index in [1.165, 1.54) is 16.0 Å². The lowest BCUT2D eigenvalue weighted by molar-refractivity contribution is 0.182. The Balaban J connectivity index is 1.60. The number of hydrogen-bond acceptors (Lipinski definition) is 3. The summed E-state index contributed by atoms with van der Waals surface area (Å²) in [6.45, 7) is 2.02. The number of carbonyl (C=O) groups excluding carboxylic acids is 1. The maximum absolute atomic E-state index is 13.4. The van der Waals surface area contributed by atoms with Crippen molar-refractivity contribution in [3.8, 4) is 0 Å². The summed E-state index contributed by atoms with van der Waals surface area (Å²) in [7, 11) is 1.73. The summed E-state index contributed by atoms with van der Waals surface area (Å²) in [5, 5.41) is 0. The van der Waals surface area contributed by atoms with Crippen LogP contribution in [0.5, 0.6) is 0 Å². The molecule has 0 aromatic heterocycles. The average Bonchev–Trinajstić information content (AvgIpc) is 3.24. The van der Waals surface area contributed by atoms with Crippen LogP contribution in [-0.2, 0) is 17.8 Å². The van der Waals surface area contributed by atoms with E-state index < -0.39 is 0 Å². The maximum Gasteiger partial charge on any atom is 0.321 e. The van der Waals surface area contributed by atoms with Crippen LogP contribution in [0.25, 0.3) is 0 Å². The van der Waals surface area contributed by atoms with Gasteiger partial charge in [0.05, 0.1) is 12.1 Å². The highest BCUT2D eigenvalue weighted by atomic mass is 32.2. The van der Waals surface area contributed by atoms with E-state index in [-0.39, 0.29) is 18.1 Å². The Morgan fingerprint density at radius 2 is 1.61 bits per heavy atom. The molecular weight excluding hydrogens is 368 g/mol. The van der Waals surface area contributed by atoms with E-state index >= 15 is 0 Å². The molecule has 2 fully saturated rings. The number of carbonyl (C=O) groups is 1. The second-order valence-corrected chi connectivity index (χ2v) is 8.31. The van der Waals surface area contributed by atoms with Gasteiger partial charge >= 0.3 is 6.03 Å². The fourth-order valence-corrected chi connectivity index (χ4v) is 5.42. The van der Waals surface area contributed by atoms with Gasteiger partial charge in [-0.25, -0.2) is 4.79 Å². The number of hydrogen-bond donors (Lipinski definition) is 0. The molecule has 2 aromatic carbocycles. The highest BCUT2D eigenvalue weighted by Crippen LogP contribution is 2.43. The lowest BCUT2D eigenvalue weighted by Gasteiger charge is -2.23. The van der Waals surface area contributed by atoms with Crippen molar-refractivity contribution in [2.45, 2.75) is 31.6 Å². The minimum atomic E-state index is 0.137. The molecule has 4 rings (SSSR count). The van der Waals surface area contributed by atoms with Crippen LogP contribution in [-0.4, -0.2) is 47.4 Å². The summed E-state index contributed by atoms with van der Waals surface area (Å²) in [5.74, 6) is 0.952. The normalized spacial score (nSPS) is 22.9. The van der Waals surface area contributed by atoms with Crippen LogP contribution in [0.15, 0.2) is 71.6 Å². The van der Waals surface area contributed by atoms with Gasteiger partial charge in [0.1, 0.15) is 0 Å². The zero-order valence-electron chi connectivity index (χ0n) is 16.2. The molecule has 2 amide bonds. The topological polar surface area (TPSA) is 32.8 Å². The summed E-state index contributed by atoms with van der Waals surface area (Å²) in [6.07, 6.45) is 3.14. The number of nitrogens with zero attached hydrogens (tertiary/aromatic N) is 2. The first-order valence-corrected chi connectivity index (χ1v) is 10.7. The fraction of sp³-hybridized carbons (Fsp3) is 0.348. The minimum Gasteiger partial charge on any atom is -0.384 e. The Morgan fingerprint density at radius 1 is 1.00 bits per heavy atom. The van der Waals surface area contributed by atoms with E-state index in [1.54, 1.807) is 7.11 Å². The molecule has 2 aromatic rings. The Hall–Kier alpha value is -2.24. The average molecular weight is 395 g/mol. The van der Waals surface area contributed by atoms with Crippen LogP contribution in [0.3, 0.4) is 0 Å². The number of rotatable bonds is 7. The predicted octanol–water partition coefficient (Wildman–Crippen LogP) is 4.53. The molecule has 0 bridgehead atoms. The first kappa shape index (κ1) is 19.1. The van der Waals surface area contributed by atoms with Crippen LogP contribution in [0.1, 0.15) is 17.5 Å². The third kappa shape index (κ3) is 3.96. The molecule has 2 atom stereocenters. The molecule has 0 N–H and O–H groups in total. The second-order valence-electron chi connectivity index (χ2n) is 7.22. The van der Waals surface area contributed by atoms with Crippen molar-refractivity contribution in [1.82, 2.24) is 9.80 Å². The molecule has 0 aliphatic carbocycles. The van der Waals surface area contributed by atoms with Gasteiger partial charge in [0, 0.05) is 37.5 Å². The van der Waals surface area contributed by atoms with Crippen LogP contribution >= 0.6 is 11.8 Å². The summed E-state index contributed by atoms with van der Waals surface area (Å²) in [6, 6.07) is 21.1. The molecule has 28 heavy (non-hydrogen) atoms. The van der Waals surface area contributed by atoms with E-state index in [4.69, 9.17) is 4.74 Å². The summed E-state index contributed by atoms with van der Waals surface area (Å²) < 4.78 is 5.21. The van der Waals surface area contributed by atoms with Crippen molar-refractivity contribution in [2.75, 3.05) is 19.5 Å². The molecular formula is C23H26N2O2S. The van der Waals surface area contributed by atoms with Gasteiger partial charge in [-0.2, -0.15) is 0 Å². The Bertz CT molecular complexity index is 825. The number of amides is 2. The first-order valence-electron chi connectivity index (χ1n) is 9.75. The van der Waals surface area contributed by atoms with Gasteiger partial charge in [-0.05, 0) is 17.5 Å². The van der Waals surface area contributed by atoms with Gasteiger partial charge in [0.2, 0.25) is 0 Å². The van der Waals surface area contributed by atoms with Crippen molar-refractivity contribution < 1.29 is 9.53 Å². The van der Waals surface area contributed by atoms with E-state index in [0.717, 1.165) is 12.2 Å². The Morgan fingerprint density at radius 3 is 2.21 bits per heavy atom. The molecule has 2 aliphatic rings. The lowest BCUT2D eigenvalue weighted by atomic mass is 10.1. The minimum absolute atomic E-state index is 0.137. The van der Waals surface area contributed by atoms with E-state index in [0.29, 0.717) is 19.7 Å². The molecule has 2 saturated heterocycles. The van der Waals surface area contributed by atoms with E-state index in [9.17, 15) is 4.79 Å². The van der Waals surface area contributed by atoms with Crippen LogP contribution in [0.4, 0.5) is 4.79 Å². The van der Waals surface area contributed by atoms with Gasteiger partial charge in [0.25, 0.3) is 0 Å². The second kappa shape index (κ2) is 8.84. The number of urea groups is 1. The van der Waals surface area contributed by atoms with Gasteiger partial charge in [-0.3, -0.25) is 0 Å². The molecule has 0 saturated carbocycles. The number of benzene rings is 2. The summed E-state index contributed by atoms with van der Waals surface area (Å²) >= 11 is 1.89. The number of thioether (sulfide) groups is 1. The van der Waals surface area contributed by atoms with Crippen LogP contribution in [0, 0.1) is 0 Å². The monoisotopic (exact) mass is 394 g/mol. The molecule has 4 nitrogen and oxygen atoms in total. The maximum atomic E-state index is 13.4. The SMILES string of the molecule is COCCC=C1SCC2C1N(Cc1ccccc1)C(=O)N2Cc1ccccc1. The highest BCUT2D eigenvalue weighted by Gasteiger charge is 2.50. The molecule has 146 valence electrons. The van der Waals surface area contributed by atoms with Crippen LogP contribution < -0.4 is 0 Å². The van der Waals surface area contributed by atoms with Crippen molar-refractivity contribution in [2.24, 2.45) is 0 Å². The Kier molecular flexibility index (Phi) is 6.03. The van der Waals surface area contributed by atoms with Crippen molar-refractivity contribution in [3.05, 3.63) is 82.8 Å². The lowest BCUT2D eigenvalue weighted by Crippen LogP contribution is -2.35. The highest BCUT2D eigenvalue weighted by molar-refractivity contribution is 8.03. The molecule has 2 unspecified atom stereocenters. The van der Waals surface area contributed by atoms with Crippen molar-refractivity contribution in [1.29, 1.82) is 0 Å². The molecule has 2 aliphatic heterocycles. The smallest absolute Gasteiger partial charge is 0.321 e. The fourth-order valence-electron chi connectivity index (χ4n) is 4.01. The summed E-state index contributed by atoms with van der Waals surface area (Å²) in [5.41, 5.74) is 2.35. The summed E-state index contributed by atoms with van der Waals surface area (Å²) in [4.78, 5) is 18.8. The standard InChI is InChI=1S/C23H26N2O2S/c1-27-14-8-13-21-22-20(17-28-21)24(15-18-9-4-2-5-10-18)23(26)25(22)16-19-11-6-3-7-12-19/h2-7,9-13,20,22H,8,14-17H2,1H3. The van der Waals surface area contributed by atoms with Crippen molar-refractivity contribution >= 4 is 17.8 Å². The van der Waals surface area contributed by atoms with Gasteiger partial charge < -0.3 is 14.5 Å². The third-order valence-corrected chi connectivity index (χ3v) is 6.61.